The number of halogens is 4. The van der Waals surface area contributed by atoms with Gasteiger partial charge in [0.1, 0.15) is 23.3 Å². The van der Waals surface area contributed by atoms with Crippen LogP contribution in [0.3, 0.4) is 0 Å². The molecule has 19 heteroatoms. The monoisotopic (exact) mass is 915 g/mol. The van der Waals surface area contributed by atoms with E-state index in [1.54, 1.807) is 76.5 Å². The number of para-hydroxylation sites is 1. The lowest BCUT2D eigenvalue weighted by molar-refractivity contribution is 0.184. The van der Waals surface area contributed by atoms with Crippen LogP contribution >= 0.6 is 46.3 Å². The van der Waals surface area contributed by atoms with Gasteiger partial charge in [-0.3, -0.25) is 0 Å². The number of nitrogens with zero attached hydrogens (tertiary/aromatic N) is 9. The van der Waals surface area contributed by atoms with E-state index in [9.17, 15) is 18.4 Å². The number of hydrogen-bond donors (Lipinski definition) is 2. The third kappa shape index (κ3) is 11.3. The number of aromatic nitrogens is 4. The Bertz CT molecular complexity index is 2520. The fourth-order valence-corrected chi connectivity index (χ4v) is 8.92. The molecule has 2 unspecified atom stereocenters. The van der Waals surface area contributed by atoms with E-state index in [1.165, 1.54) is 47.3 Å². The average molecular weight is 917 g/mol. The van der Waals surface area contributed by atoms with Crippen LogP contribution in [0.1, 0.15) is 42.2 Å². The summed E-state index contributed by atoms with van der Waals surface area (Å²) in [5, 5.41) is 17.1. The maximum Gasteiger partial charge on any atom is 0.322 e. The molecule has 0 radical (unpaired) electrons. The van der Waals surface area contributed by atoms with Crippen LogP contribution in [0, 0.1) is 23.0 Å². The first-order valence-corrected chi connectivity index (χ1v) is 22.0. The fourth-order valence-electron chi connectivity index (χ4n) is 6.98. The molecule has 62 heavy (non-hydrogen) atoms. The average Bonchev–Trinajstić information content (AvgIpc) is 3.94. The van der Waals surface area contributed by atoms with Crippen LogP contribution in [0.25, 0.3) is 0 Å². The smallest absolute Gasteiger partial charge is 0.322 e. The number of anilines is 4. The zero-order chi connectivity index (χ0) is 43.8. The second kappa shape index (κ2) is 20.3. The minimum absolute atomic E-state index is 0.0163. The van der Waals surface area contributed by atoms with Gasteiger partial charge in [0, 0.05) is 92.9 Å². The maximum atomic E-state index is 13.1. The first kappa shape index (κ1) is 44.1. The summed E-state index contributed by atoms with van der Waals surface area (Å²) >= 11 is 15.0. The molecule has 13 nitrogen and oxygen atoms in total. The number of hydrogen-bond acceptors (Lipinski definition) is 11. The summed E-state index contributed by atoms with van der Waals surface area (Å²) in [7, 11) is 0. The van der Waals surface area contributed by atoms with E-state index in [2.05, 4.69) is 45.2 Å². The minimum Gasteiger partial charge on any atom is -0.343 e. The first-order valence-electron chi connectivity index (χ1n) is 19.7. The Labute approximate surface area is 375 Å². The largest absolute Gasteiger partial charge is 0.343 e. The van der Waals surface area contributed by atoms with Crippen LogP contribution in [0.5, 0.6) is 0 Å². The van der Waals surface area contributed by atoms with Crippen molar-refractivity contribution in [3.63, 3.8) is 0 Å². The summed E-state index contributed by atoms with van der Waals surface area (Å²) in [6.45, 7) is 7.64. The van der Waals surface area contributed by atoms with Crippen molar-refractivity contribution in [2.24, 2.45) is 0 Å². The van der Waals surface area contributed by atoms with Gasteiger partial charge in [0.2, 0.25) is 10.3 Å². The molecule has 8 rings (SSSR count). The highest BCUT2D eigenvalue weighted by Crippen LogP contribution is 2.31. The second-order valence-corrected chi connectivity index (χ2v) is 17.0. The van der Waals surface area contributed by atoms with E-state index in [0.717, 1.165) is 21.4 Å². The van der Waals surface area contributed by atoms with E-state index in [-0.39, 0.29) is 35.8 Å². The zero-order valence-electron chi connectivity index (χ0n) is 33.6. The summed E-state index contributed by atoms with van der Waals surface area (Å²) in [6, 6.07) is 26.2. The lowest BCUT2D eigenvalue weighted by Gasteiger charge is -2.39. The van der Waals surface area contributed by atoms with E-state index in [1.807, 2.05) is 13.8 Å². The van der Waals surface area contributed by atoms with E-state index in [0.29, 0.717) is 90.7 Å². The first-order chi connectivity index (χ1) is 29.9. The van der Waals surface area contributed by atoms with Gasteiger partial charge in [-0.15, -0.1) is 0 Å². The molecular weight excluding hydrogens is 876 g/mol. The summed E-state index contributed by atoms with van der Waals surface area (Å²) in [6.07, 6.45) is 1.10. The standard InChI is InChI=1S/C22H21FN6OS.C21H20Cl2FN5OS/c1-15-14-28(22-26-20(27-31-22)12-16-5-7-18(23)8-6-16)9-10-29(15)21(30)25-19-4-2-3-17(11-19)13-24;1-13-12-28(21-25-18(27-31-21)11-14-5-7-15(24)8-6-14)9-10-29(13)20(30)26-19-16(22)3-2-4-17(19)23/h2-8,11,15H,9-10,12,14H2,1H3,(H,25,30);2-8,13H,9-12H2,1H3,(H,26,30). The Morgan fingerprint density at radius 3 is 1.65 bits per heavy atom. The predicted octanol–water partition coefficient (Wildman–Crippen LogP) is 9.20. The lowest BCUT2D eigenvalue weighted by Crippen LogP contribution is -2.55. The van der Waals surface area contributed by atoms with E-state index >= 15 is 0 Å². The highest BCUT2D eigenvalue weighted by Gasteiger charge is 2.31. The summed E-state index contributed by atoms with van der Waals surface area (Å²) in [5.41, 5.74) is 3.44. The van der Waals surface area contributed by atoms with Crippen molar-refractivity contribution >= 4 is 80.0 Å². The third-order valence-electron chi connectivity index (χ3n) is 10.2. The van der Waals surface area contributed by atoms with Crippen LogP contribution in [0.4, 0.5) is 40.0 Å². The van der Waals surface area contributed by atoms with Gasteiger partial charge in [-0.2, -0.15) is 14.0 Å². The highest BCUT2D eigenvalue weighted by atomic mass is 35.5. The SMILES string of the molecule is CC1CN(c2nc(Cc3ccc(F)cc3)ns2)CCN1C(=O)Nc1c(Cl)cccc1Cl.CC1CN(c2nc(Cc3ccc(F)cc3)ns2)CCN1C(=O)Nc1cccc(C#N)c1. The van der Waals surface area contributed by atoms with Crippen molar-refractivity contribution in [2.45, 2.75) is 38.8 Å². The summed E-state index contributed by atoms with van der Waals surface area (Å²) in [5.74, 6) is 0.886. The van der Waals surface area contributed by atoms with Crippen molar-refractivity contribution in [1.29, 1.82) is 5.26 Å². The molecule has 2 saturated heterocycles. The van der Waals surface area contributed by atoms with Gasteiger partial charge in [0.25, 0.3) is 0 Å². The van der Waals surface area contributed by atoms with Crippen molar-refractivity contribution in [3.8, 4) is 6.07 Å². The molecule has 0 spiro atoms. The van der Waals surface area contributed by atoms with Crippen LogP contribution in [-0.4, -0.2) is 91.9 Å². The number of piperazine rings is 2. The Balaban J connectivity index is 0.000000186. The summed E-state index contributed by atoms with van der Waals surface area (Å²) < 4.78 is 35.0. The molecule has 4 amide bonds. The number of urea groups is 2. The maximum absolute atomic E-state index is 13.1. The second-order valence-electron chi connectivity index (χ2n) is 14.7. The van der Waals surface area contributed by atoms with Crippen molar-refractivity contribution < 1.29 is 18.4 Å². The Morgan fingerprint density at radius 2 is 1.18 bits per heavy atom. The van der Waals surface area contributed by atoms with Crippen LogP contribution in [-0.2, 0) is 12.8 Å². The predicted molar refractivity (Wildman–Crippen MR) is 241 cm³/mol. The molecule has 0 aliphatic carbocycles. The highest BCUT2D eigenvalue weighted by molar-refractivity contribution is 7.10. The van der Waals surface area contributed by atoms with Gasteiger partial charge in [-0.1, -0.05) is 59.6 Å². The zero-order valence-corrected chi connectivity index (χ0v) is 36.8. The number of benzene rings is 4. The molecule has 2 aliphatic rings. The van der Waals surface area contributed by atoms with Gasteiger partial charge < -0.3 is 30.2 Å². The molecule has 2 aliphatic heterocycles. The Hall–Kier alpha value is -5.93. The number of nitrogens with one attached hydrogen (secondary N) is 2. The molecular formula is C43H41Cl2F2N11O2S2. The van der Waals surface area contributed by atoms with Gasteiger partial charge >= 0.3 is 12.1 Å². The van der Waals surface area contributed by atoms with Crippen molar-refractivity contribution in [2.75, 3.05) is 59.7 Å². The number of amides is 4. The molecule has 2 fully saturated rings. The molecule has 320 valence electrons. The van der Waals surface area contributed by atoms with Crippen LogP contribution in [0.2, 0.25) is 10.0 Å². The normalized spacial score (nSPS) is 16.3. The molecule has 6 aromatic rings. The Kier molecular flexibility index (Phi) is 14.4. The lowest BCUT2D eigenvalue weighted by atomic mass is 10.1. The Morgan fingerprint density at radius 1 is 0.710 bits per heavy atom. The topological polar surface area (TPSA) is 147 Å². The molecule has 2 N–H and O–H groups in total. The molecule has 4 heterocycles. The van der Waals surface area contributed by atoms with Crippen LogP contribution in [0.15, 0.2) is 91.0 Å². The van der Waals surface area contributed by atoms with Gasteiger partial charge in [-0.05, 0) is 79.6 Å². The summed E-state index contributed by atoms with van der Waals surface area (Å²) in [4.78, 5) is 42.6. The number of carbonyl (C=O) groups excluding carboxylic acids is 2. The van der Waals surface area contributed by atoms with Crippen molar-refractivity contribution in [1.82, 2.24) is 28.5 Å². The van der Waals surface area contributed by atoms with Gasteiger partial charge in [0.05, 0.1) is 27.4 Å². The number of carbonyl (C=O) groups is 2. The van der Waals surface area contributed by atoms with E-state index in [4.69, 9.17) is 28.5 Å². The van der Waals surface area contributed by atoms with Crippen LogP contribution < -0.4 is 20.4 Å². The minimum atomic E-state index is -0.261. The molecule has 4 aromatic carbocycles. The fraction of sp³-hybridized carbons (Fsp3) is 0.279. The number of rotatable bonds is 8. The molecule has 2 aromatic heterocycles. The van der Waals surface area contributed by atoms with E-state index < -0.39 is 0 Å². The molecule has 0 saturated carbocycles. The van der Waals surface area contributed by atoms with Crippen molar-refractivity contribution in [3.05, 3.63) is 141 Å². The van der Waals surface area contributed by atoms with Gasteiger partial charge in [-0.25, -0.2) is 28.3 Å². The third-order valence-corrected chi connectivity index (χ3v) is 12.5. The molecule has 0 bridgehead atoms. The van der Waals surface area contributed by atoms with Gasteiger partial charge in [0.15, 0.2) is 0 Å². The molecule has 2 atom stereocenters. The number of nitriles is 1. The quantitative estimate of drug-likeness (QED) is 0.153.